The first-order valence-corrected chi connectivity index (χ1v) is 7.34. The van der Waals surface area contributed by atoms with Crippen LogP contribution in [0.2, 0.25) is 0 Å². The molecule has 0 aromatic carbocycles. The van der Waals surface area contributed by atoms with Gasteiger partial charge in [-0.2, -0.15) is 0 Å². The Bertz CT molecular complexity index is 445. The average molecular weight is 261 g/mol. The first kappa shape index (κ1) is 13.0. The molecule has 1 saturated carbocycles. The van der Waals surface area contributed by atoms with Crippen molar-refractivity contribution in [3.63, 3.8) is 0 Å². The summed E-state index contributed by atoms with van der Waals surface area (Å²) in [4.78, 5) is 9.35. The lowest BCUT2D eigenvalue weighted by molar-refractivity contribution is 0.0768. The van der Waals surface area contributed by atoms with Gasteiger partial charge in [-0.05, 0) is 63.1 Å². The molecule has 2 atom stereocenters. The molecule has 19 heavy (non-hydrogen) atoms. The lowest BCUT2D eigenvalue weighted by atomic mass is 9.87. The van der Waals surface area contributed by atoms with Crippen molar-refractivity contribution in [2.24, 2.45) is 11.8 Å². The van der Waals surface area contributed by atoms with Gasteiger partial charge in [0.1, 0.15) is 6.10 Å². The van der Waals surface area contributed by atoms with Gasteiger partial charge in [0.2, 0.25) is 0 Å². The Hall–Kier alpha value is -1.00. The van der Waals surface area contributed by atoms with Crippen LogP contribution in [0.1, 0.15) is 42.4 Å². The molecule has 0 amide bonds. The van der Waals surface area contributed by atoms with Crippen LogP contribution in [0.5, 0.6) is 0 Å². The Morgan fingerprint density at radius 2 is 2.26 bits per heavy atom. The number of aromatic nitrogens is 2. The fourth-order valence-corrected chi connectivity index (χ4v) is 3.11. The highest BCUT2D eigenvalue weighted by molar-refractivity contribution is 5.22. The number of rotatable bonds is 5. The average Bonchev–Trinajstić information content (AvgIpc) is 3.25. The van der Waals surface area contributed by atoms with E-state index in [1.807, 2.05) is 13.2 Å². The molecule has 0 bridgehead atoms. The molecular formula is C15H23N3O. The lowest BCUT2D eigenvalue weighted by Gasteiger charge is -2.24. The van der Waals surface area contributed by atoms with E-state index in [4.69, 9.17) is 9.72 Å². The predicted octanol–water partition coefficient (Wildman–Crippen LogP) is 1.90. The number of nitrogens with zero attached hydrogens (tertiary/aromatic N) is 2. The number of hydrogen-bond donors (Lipinski definition) is 1. The van der Waals surface area contributed by atoms with Crippen LogP contribution in [0, 0.1) is 11.8 Å². The summed E-state index contributed by atoms with van der Waals surface area (Å²) in [6.45, 7) is 1.09. The Morgan fingerprint density at radius 3 is 2.95 bits per heavy atom. The van der Waals surface area contributed by atoms with Crippen LogP contribution < -0.4 is 5.32 Å². The van der Waals surface area contributed by atoms with E-state index in [-0.39, 0.29) is 6.10 Å². The van der Waals surface area contributed by atoms with E-state index >= 15 is 0 Å². The molecule has 4 heteroatoms. The lowest BCUT2D eigenvalue weighted by Crippen LogP contribution is -2.26. The monoisotopic (exact) mass is 261 g/mol. The standard InChI is InChI=1S/C15H23N3O/c1-16-8-10-3-6-13-12(7-10)9-17-15(18-13)14(19-2)11-4-5-11/h9-11,14,16H,3-8H2,1-2H3. The Labute approximate surface area is 115 Å². The highest BCUT2D eigenvalue weighted by Gasteiger charge is 2.35. The number of nitrogens with one attached hydrogen (secondary N) is 1. The smallest absolute Gasteiger partial charge is 0.157 e. The zero-order chi connectivity index (χ0) is 13.2. The molecule has 1 N–H and O–H groups in total. The van der Waals surface area contributed by atoms with Crippen LogP contribution in [-0.4, -0.2) is 30.7 Å². The van der Waals surface area contributed by atoms with E-state index in [1.54, 1.807) is 7.11 Å². The van der Waals surface area contributed by atoms with Crippen LogP contribution in [0.15, 0.2) is 6.20 Å². The van der Waals surface area contributed by atoms with E-state index < -0.39 is 0 Å². The first-order valence-electron chi connectivity index (χ1n) is 7.34. The van der Waals surface area contributed by atoms with Crippen molar-refractivity contribution in [1.82, 2.24) is 15.3 Å². The van der Waals surface area contributed by atoms with Crippen LogP contribution >= 0.6 is 0 Å². The number of fused-ring (bicyclic) bond motifs is 1. The van der Waals surface area contributed by atoms with Crippen molar-refractivity contribution in [3.05, 3.63) is 23.3 Å². The molecule has 4 nitrogen and oxygen atoms in total. The maximum Gasteiger partial charge on any atom is 0.157 e. The normalized spacial score (nSPS) is 24.0. The predicted molar refractivity (Wildman–Crippen MR) is 73.9 cm³/mol. The molecule has 0 saturated heterocycles. The molecular weight excluding hydrogens is 238 g/mol. The minimum Gasteiger partial charge on any atom is -0.373 e. The van der Waals surface area contributed by atoms with Crippen molar-refractivity contribution in [2.45, 2.75) is 38.2 Å². The molecule has 0 radical (unpaired) electrons. The molecule has 0 spiro atoms. The molecule has 2 unspecified atom stereocenters. The van der Waals surface area contributed by atoms with Crippen molar-refractivity contribution < 1.29 is 4.74 Å². The maximum absolute atomic E-state index is 5.58. The second-order valence-corrected chi connectivity index (χ2v) is 5.86. The van der Waals surface area contributed by atoms with Crippen molar-refractivity contribution in [2.75, 3.05) is 20.7 Å². The number of hydrogen-bond acceptors (Lipinski definition) is 4. The van der Waals surface area contributed by atoms with Gasteiger partial charge in [0.15, 0.2) is 5.82 Å². The van der Waals surface area contributed by atoms with Gasteiger partial charge >= 0.3 is 0 Å². The third kappa shape index (κ3) is 2.79. The summed E-state index contributed by atoms with van der Waals surface area (Å²) < 4.78 is 5.58. The quantitative estimate of drug-likeness (QED) is 0.879. The van der Waals surface area contributed by atoms with Gasteiger partial charge in [-0.25, -0.2) is 9.97 Å². The van der Waals surface area contributed by atoms with Gasteiger partial charge in [0, 0.05) is 19.0 Å². The van der Waals surface area contributed by atoms with E-state index in [0.29, 0.717) is 5.92 Å². The van der Waals surface area contributed by atoms with Gasteiger partial charge < -0.3 is 10.1 Å². The van der Waals surface area contributed by atoms with Crippen molar-refractivity contribution in [1.29, 1.82) is 0 Å². The van der Waals surface area contributed by atoms with E-state index in [0.717, 1.165) is 31.1 Å². The summed E-state index contributed by atoms with van der Waals surface area (Å²) in [5.74, 6) is 2.27. The molecule has 1 fully saturated rings. The second kappa shape index (κ2) is 5.55. The second-order valence-electron chi connectivity index (χ2n) is 5.86. The minimum absolute atomic E-state index is 0.111. The van der Waals surface area contributed by atoms with Crippen molar-refractivity contribution in [3.8, 4) is 0 Å². The summed E-state index contributed by atoms with van der Waals surface area (Å²) in [6, 6.07) is 0. The number of ether oxygens (including phenoxy) is 1. The van der Waals surface area contributed by atoms with Crippen LogP contribution in [0.25, 0.3) is 0 Å². The molecule has 3 rings (SSSR count). The van der Waals surface area contributed by atoms with Crippen LogP contribution in [0.3, 0.4) is 0 Å². The van der Waals surface area contributed by atoms with Crippen LogP contribution in [-0.2, 0) is 17.6 Å². The summed E-state index contributed by atoms with van der Waals surface area (Å²) in [6.07, 6.45) is 8.07. The third-order valence-corrected chi connectivity index (χ3v) is 4.32. The SMILES string of the molecule is CNCC1CCc2nc(C(OC)C3CC3)ncc2C1. The first-order chi connectivity index (χ1) is 9.31. The fourth-order valence-electron chi connectivity index (χ4n) is 3.11. The van der Waals surface area contributed by atoms with Gasteiger partial charge in [-0.3, -0.25) is 0 Å². The zero-order valence-electron chi connectivity index (χ0n) is 11.9. The van der Waals surface area contributed by atoms with Gasteiger partial charge in [-0.1, -0.05) is 0 Å². The van der Waals surface area contributed by atoms with Gasteiger partial charge in [0.25, 0.3) is 0 Å². The number of methoxy groups -OCH3 is 1. The molecule has 104 valence electrons. The largest absolute Gasteiger partial charge is 0.373 e. The summed E-state index contributed by atoms with van der Waals surface area (Å²) >= 11 is 0. The number of aryl methyl sites for hydroxylation is 1. The van der Waals surface area contributed by atoms with E-state index in [9.17, 15) is 0 Å². The fraction of sp³-hybridized carbons (Fsp3) is 0.733. The molecule has 1 aromatic heterocycles. The van der Waals surface area contributed by atoms with E-state index in [1.165, 1.54) is 30.5 Å². The van der Waals surface area contributed by atoms with Crippen molar-refractivity contribution >= 4 is 0 Å². The minimum atomic E-state index is 0.111. The summed E-state index contributed by atoms with van der Waals surface area (Å²) in [5.41, 5.74) is 2.58. The third-order valence-electron chi connectivity index (χ3n) is 4.32. The van der Waals surface area contributed by atoms with Gasteiger partial charge in [-0.15, -0.1) is 0 Å². The van der Waals surface area contributed by atoms with Crippen LogP contribution in [0.4, 0.5) is 0 Å². The Morgan fingerprint density at radius 1 is 1.42 bits per heavy atom. The molecule has 1 aromatic rings. The molecule has 2 aliphatic carbocycles. The molecule has 2 aliphatic rings. The topological polar surface area (TPSA) is 47.0 Å². The maximum atomic E-state index is 5.58. The van der Waals surface area contributed by atoms with E-state index in [2.05, 4.69) is 10.3 Å². The van der Waals surface area contributed by atoms with Gasteiger partial charge in [0.05, 0.1) is 0 Å². The summed E-state index contributed by atoms with van der Waals surface area (Å²) in [5, 5.41) is 3.27. The molecule has 1 heterocycles. The molecule has 0 aliphatic heterocycles. The highest BCUT2D eigenvalue weighted by atomic mass is 16.5. The highest BCUT2D eigenvalue weighted by Crippen LogP contribution is 2.42. The Kier molecular flexibility index (Phi) is 3.80. The summed E-state index contributed by atoms with van der Waals surface area (Å²) in [7, 11) is 3.79. The Balaban J connectivity index is 1.77. The zero-order valence-corrected chi connectivity index (χ0v) is 11.9.